The van der Waals surface area contributed by atoms with Gasteiger partial charge >= 0.3 is 0 Å². The highest BCUT2D eigenvalue weighted by atomic mass is 16.5. The van der Waals surface area contributed by atoms with Gasteiger partial charge < -0.3 is 19.9 Å². The van der Waals surface area contributed by atoms with Crippen LogP contribution in [0.4, 0.5) is 5.69 Å². The Kier molecular flexibility index (Phi) is 7.83. The van der Waals surface area contributed by atoms with Crippen molar-refractivity contribution < 1.29 is 19.4 Å². The summed E-state index contributed by atoms with van der Waals surface area (Å²) in [4.78, 5) is 14.9. The first kappa shape index (κ1) is 23.4. The number of anilines is 1. The van der Waals surface area contributed by atoms with Crippen LogP contribution in [0, 0.1) is 0 Å². The lowest BCUT2D eigenvalue weighted by atomic mass is 10.1. The Morgan fingerprint density at radius 2 is 1.82 bits per heavy atom. The van der Waals surface area contributed by atoms with Crippen LogP contribution in [0.2, 0.25) is 0 Å². The predicted molar refractivity (Wildman–Crippen MR) is 134 cm³/mol. The number of benzene rings is 3. The number of phenolic OH excluding ortho intramolecular Hbond substituents is 1. The molecule has 6 nitrogen and oxygen atoms in total. The minimum atomic E-state index is -0.269. The second-order valence-electron chi connectivity index (χ2n) is 8.33. The number of nitrogens with one attached hydrogen (secondary N) is 1. The van der Waals surface area contributed by atoms with E-state index in [9.17, 15) is 9.90 Å². The summed E-state index contributed by atoms with van der Waals surface area (Å²) in [5, 5.41) is 12.8. The fourth-order valence-corrected chi connectivity index (χ4v) is 3.98. The molecule has 3 aromatic rings. The van der Waals surface area contributed by atoms with Crippen LogP contribution < -0.4 is 14.8 Å². The summed E-state index contributed by atoms with van der Waals surface area (Å²) in [6, 6.07) is 20.8. The lowest BCUT2D eigenvalue weighted by Gasteiger charge is -2.15. The van der Waals surface area contributed by atoms with Crippen molar-refractivity contribution in [3.63, 3.8) is 0 Å². The molecule has 0 spiro atoms. The third kappa shape index (κ3) is 6.39. The van der Waals surface area contributed by atoms with Crippen molar-refractivity contribution in [1.29, 1.82) is 0 Å². The fourth-order valence-electron chi connectivity index (χ4n) is 3.98. The summed E-state index contributed by atoms with van der Waals surface area (Å²) in [5.74, 6) is 0.938. The normalized spacial score (nSPS) is 13.8. The number of phenols is 1. The van der Waals surface area contributed by atoms with Crippen molar-refractivity contribution in [1.82, 2.24) is 4.90 Å². The summed E-state index contributed by atoms with van der Waals surface area (Å²) < 4.78 is 11.0. The van der Waals surface area contributed by atoms with E-state index < -0.39 is 0 Å². The topological polar surface area (TPSA) is 71.0 Å². The molecule has 6 heteroatoms. The van der Waals surface area contributed by atoms with Gasteiger partial charge in [-0.15, -0.1) is 0 Å². The molecule has 176 valence electrons. The Morgan fingerprint density at radius 3 is 2.56 bits per heavy atom. The van der Waals surface area contributed by atoms with E-state index in [2.05, 4.69) is 22.3 Å². The van der Waals surface area contributed by atoms with E-state index in [1.54, 1.807) is 24.3 Å². The molecule has 0 unspecified atom stereocenters. The molecular weight excluding hydrogens is 428 g/mol. The number of rotatable bonds is 9. The molecule has 3 aromatic carbocycles. The number of ether oxygens (including phenoxy) is 2. The summed E-state index contributed by atoms with van der Waals surface area (Å²) in [5.41, 5.74) is 3.56. The van der Waals surface area contributed by atoms with Gasteiger partial charge in [0.25, 0.3) is 0 Å². The van der Waals surface area contributed by atoms with Crippen molar-refractivity contribution >= 4 is 17.7 Å². The molecule has 0 radical (unpaired) electrons. The second-order valence-corrected chi connectivity index (χ2v) is 8.33. The molecule has 1 fully saturated rings. The van der Waals surface area contributed by atoms with Gasteiger partial charge in [0.05, 0.1) is 7.11 Å². The standard InChI is InChI=1S/C28H30N2O4/c1-33-27-14-10-21(18-26(27)31)11-15-28(32)29-25-7-3-2-6-23(25)20-34-24-12-8-22(9-13-24)19-30-16-4-5-17-30/h2-3,6-15,18,31H,4-5,16-17,19-20H2,1H3,(H,29,32). The van der Waals surface area contributed by atoms with Crippen LogP contribution in [0.15, 0.2) is 72.8 Å². The maximum absolute atomic E-state index is 12.5. The van der Waals surface area contributed by atoms with E-state index in [0.29, 0.717) is 23.6 Å². The first-order valence-corrected chi connectivity index (χ1v) is 11.5. The van der Waals surface area contributed by atoms with E-state index in [0.717, 1.165) is 17.9 Å². The van der Waals surface area contributed by atoms with Gasteiger partial charge in [-0.25, -0.2) is 0 Å². The number of para-hydroxylation sites is 1. The van der Waals surface area contributed by atoms with Crippen LogP contribution in [-0.4, -0.2) is 36.1 Å². The van der Waals surface area contributed by atoms with E-state index in [-0.39, 0.29) is 11.7 Å². The number of aromatic hydroxyl groups is 1. The minimum absolute atomic E-state index is 0.0247. The van der Waals surface area contributed by atoms with E-state index >= 15 is 0 Å². The molecule has 1 heterocycles. The Bertz CT molecular complexity index is 1140. The Balaban J connectivity index is 1.33. The zero-order valence-electron chi connectivity index (χ0n) is 19.4. The quantitative estimate of drug-likeness (QED) is 0.430. The molecule has 2 N–H and O–H groups in total. The third-order valence-corrected chi connectivity index (χ3v) is 5.83. The molecule has 0 aromatic heterocycles. The first-order chi connectivity index (χ1) is 16.6. The number of nitrogens with zero attached hydrogens (tertiary/aromatic N) is 1. The number of likely N-dealkylation sites (tertiary alicyclic amines) is 1. The number of hydrogen-bond acceptors (Lipinski definition) is 5. The average Bonchev–Trinajstić information content (AvgIpc) is 3.36. The maximum Gasteiger partial charge on any atom is 0.248 e. The molecule has 0 bridgehead atoms. The van der Waals surface area contributed by atoms with Crippen molar-refractivity contribution in [2.24, 2.45) is 0 Å². The largest absolute Gasteiger partial charge is 0.504 e. The minimum Gasteiger partial charge on any atom is -0.504 e. The lowest BCUT2D eigenvalue weighted by molar-refractivity contribution is -0.111. The molecule has 0 atom stereocenters. The number of carbonyl (C=O) groups is 1. The summed E-state index contributed by atoms with van der Waals surface area (Å²) in [6.07, 6.45) is 5.64. The van der Waals surface area contributed by atoms with Crippen molar-refractivity contribution in [2.75, 3.05) is 25.5 Å². The molecule has 1 aliphatic heterocycles. The number of methoxy groups -OCH3 is 1. The van der Waals surface area contributed by atoms with Crippen molar-refractivity contribution in [3.05, 3.63) is 89.5 Å². The molecule has 0 saturated carbocycles. The van der Waals surface area contributed by atoms with Crippen molar-refractivity contribution in [3.8, 4) is 17.2 Å². The van der Waals surface area contributed by atoms with Gasteiger partial charge in [0, 0.05) is 23.9 Å². The fraction of sp³-hybridized carbons (Fsp3) is 0.250. The van der Waals surface area contributed by atoms with Crippen LogP contribution in [0.3, 0.4) is 0 Å². The summed E-state index contributed by atoms with van der Waals surface area (Å²) in [7, 11) is 1.49. The van der Waals surface area contributed by atoms with Gasteiger partial charge in [0.1, 0.15) is 12.4 Å². The summed E-state index contributed by atoms with van der Waals surface area (Å²) in [6.45, 7) is 3.69. The highest BCUT2D eigenvalue weighted by Gasteiger charge is 2.12. The molecule has 1 amide bonds. The van der Waals surface area contributed by atoms with Crippen LogP contribution in [0.5, 0.6) is 17.2 Å². The zero-order chi connectivity index (χ0) is 23.8. The van der Waals surface area contributed by atoms with Gasteiger partial charge in [0.15, 0.2) is 11.5 Å². The Morgan fingerprint density at radius 1 is 1.06 bits per heavy atom. The highest BCUT2D eigenvalue weighted by Crippen LogP contribution is 2.27. The number of hydrogen-bond donors (Lipinski definition) is 2. The monoisotopic (exact) mass is 458 g/mol. The maximum atomic E-state index is 12.5. The zero-order valence-corrected chi connectivity index (χ0v) is 19.4. The Labute approximate surface area is 200 Å². The number of carbonyl (C=O) groups excluding carboxylic acids is 1. The molecule has 4 rings (SSSR count). The van der Waals surface area contributed by atoms with E-state index in [1.165, 1.54) is 44.7 Å². The first-order valence-electron chi connectivity index (χ1n) is 11.5. The molecule has 1 saturated heterocycles. The molecular formula is C28H30N2O4. The van der Waals surface area contributed by atoms with Crippen LogP contribution >= 0.6 is 0 Å². The van der Waals surface area contributed by atoms with E-state index in [4.69, 9.17) is 9.47 Å². The summed E-state index contributed by atoms with van der Waals surface area (Å²) >= 11 is 0. The highest BCUT2D eigenvalue weighted by molar-refractivity contribution is 6.02. The van der Waals surface area contributed by atoms with Gasteiger partial charge in [-0.05, 0) is 73.5 Å². The molecule has 1 aliphatic rings. The van der Waals surface area contributed by atoms with Gasteiger partial charge in [0.2, 0.25) is 5.91 Å². The van der Waals surface area contributed by atoms with Crippen LogP contribution in [0.1, 0.15) is 29.5 Å². The van der Waals surface area contributed by atoms with Gasteiger partial charge in [-0.1, -0.05) is 36.4 Å². The van der Waals surface area contributed by atoms with Crippen molar-refractivity contribution in [2.45, 2.75) is 26.0 Å². The second kappa shape index (κ2) is 11.4. The predicted octanol–water partition coefficient (Wildman–Crippen LogP) is 5.23. The molecule has 34 heavy (non-hydrogen) atoms. The van der Waals surface area contributed by atoms with Crippen LogP contribution in [0.25, 0.3) is 6.08 Å². The SMILES string of the molecule is COc1ccc(C=CC(=O)Nc2ccccc2COc2ccc(CN3CCCC3)cc2)cc1O. The third-order valence-electron chi connectivity index (χ3n) is 5.83. The lowest BCUT2D eigenvalue weighted by Crippen LogP contribution is -2.18. The smallest absolute Gasteiger partial charge is 0.248 e. The number of amides is 1. The van der Waals surface area contributed by atoms with Gasteiger partial charge in [-0.3, -0.25) is 9.69 Å². The van der Waals surface area contributed by atoms with Crippen LogP contribution in [-0.2, 0) is 17.9 Å². The van der Waals surface area contributed by atoms with E-state index in [1.807, 2.05) is 36.4 Å². The molecule has 0 aliphatic carbocycles. The Hall–Kier alpha value is -3.77. The average molecular weight is 459 g/mol. The van der Waals surface area contributed by atoms with Gasteiger partial charge in [-0.2, -0.15) is 0 Å².